The normalized spacial score (nSPS) is 13.6. The van der Waals surface area contributed by atoms with Crippen LogP contribution in [0.1, 0.15) is 11.1 Å². The summed E-state index contributed by atoms with van der Waals surface area (Å²) in [7, 11) is 0. The minimum Gasteiger partial charge on any atom is -0.475 e. The first-order chi connectivity index (χ1) is 7.82. The molecule has 7 heteroatoms. The Balaban J connectivity index is 0.000000185. The molecule has 0 amide bonds. The molecule has 0 unspecified atom stereocenters. The Kier molecular flexibility index (Phi) is 4.53. The van der Waals surface area contributed by atoms with Crippen molar-refractivity contribution in [2.24, 2.45) is 0 Å². The number of carboxylic acids is 1. The summed E-state index contributed by atoms with van der Waals surface area (Å²) in [6.45, 7) is 2.03. The zero-order valence-electron chi connectivity index (χ0n) is 8.51. The summed E-state index contributed by atoms with van der Waals surface area (Å²) in [6, 6.07) is 6.34. The number of carboxylic acid groups (broad SMARTS) is 1. The van der Waals surface area contributed by atoms with Crippen molar-refractivity contribution in [1.29, 1.82) is 0 Å². The summed E-state index contributed by atoms with van der Waals surface area (Å²) in [5, 5.41) is 10.4. The van der Waals surface area contributed by atoms with Crippen molar-refractivity contribution in [1.82, 2.24) is 5.32 Å². The Bertz CT molecular complexity index is 421. The molecule has 3 nitrogen and oxygen atoms in total. The zero-order chi connectivity index (χ0) is 13.1. The van der Waals surface area contributed by atoms with Gasteiger partial charge < -0.3 is 10.4 Å². The number of alkyl halides is 3. The summed E-state index contributed by atoms with van der Waals surface area (Å²) < 4.78 is 33.0. The second-order valence-corrected chi connectivity index (χ2v) is 4.14. The van der Waals surface area contributed by atoms with Crippen LogP contribution >= 0.6 is 15.9 Å². The lowest BCUT2D eigenvalue weighted by Crippen LogP contribution is -2.21. The molecule has 0 aromatic heterocycles. The first-order valence-electron chi connectivity index (χ1n) is 4.59. The molecule has 0 atom stereocenters. The lowest BCUT2D eigenvalue weighted by molar-refractivity contribution is -0.192. The van der Waals surface area contributed by atoms with E-state index in [1.165, 1.54) is 15.6 Å². The van der Waals surface area contributed by atoms with Crippen LogP contribution in [0.15, 0.2) is 22.7 Å². The highest BCUT2D eigenvalue weighted by atomic mass is 79.9. The van der Waals surface area contributed by atoms with E-state index < -0.39 is 12.1 Å². The van der Waals surface area contributed by atoms with Crippen LogP contribution in [0.2, 0.25) is 0 Å². The minimum absolute atomic E-state index is 1.01. The molecule has 0 fully saturated rings. The average molecular weight is 312 g/mol. The summed E-state index contributed by atoms with van der Waals surface area (Å²) in [5.74, 6) is -2.76. The maximum absolute atomic E-state index is 10.6. The average Bonchev–Trinajstić information content (AvgIpc) is 2.66. The molecule has 17 heavy (non-hydrogen) atoms. The molecule has 2 rings (SSSR count). The SMILES string of the molecule is Brc1cccc2c1CNC2.O=C(O)C(F)(F)F. The van der Waals surface area contributed by atoms with E-state index in [4.69, 9.17) is 9.90 Å². The van der Waals surface area contributed by atoms with Crippen molar-refractivity contribution in [3.63, 3.8) is 0 Å². The molecule has 2 N–H and O–H groups in total. The monoisotopic (exact) mass is 311 g/mol. The highest BCUT2D eigenvalue weighted by Crippen LogP contribution is 2.23. The number of carbonyl (C=O) groups is 1. The van der Waals surface area contributed by atoms with E-state index in [1.54, 1.807) is 0 Å². The van der Waals surface area contributed by atoms with Crippen LogP contribution in [0.25, 0.3) is 0 Å². The van der Waals surface area contributed by atoms with Gasteiger partial charge in [-0.3, -0.25) is 0 Å². The van der Waals surface area contributed by atoms with E-state index in [9.17, 15) is 13.2 Å². The molecule has 0 saturated heterocycles. The molecule has 1 aliphatic heterocycles. The highest BCUT2D eigenvalue weighted by molar-refractivity contribution is 9.10. The first kappa shape index (κ1) is 14.0. The number of fused-ring (bicyclic) bond motifs is 1. The highest BCUT2D eigenvalue weighted by Gasteiger charge is 2.38. The van der Waals surface area contributed by atoms with Gasteiger partial charge >= 0.3 is 12.1 Å². The largest absolute Gasteiger partial charge is 0.490 e. The fourth-order valence-corrected chi connectivity index (χ4v) is 1.84. The molecule has 0 bridgehead atoms. The number of benzene rings is 1. The lowest BCUT2D eigenvalue weighted by atomic mass is 10.1. The number of hydrogen-bond acceptors (Lipinski definition) is 2. The van der Waals surface area contributed by atoms with Gasteiger partial charge in [-0.25, -0.2) is 4.79 Å². The molecular formula is C10H9BrF3NO2. The van der Waals surface area contributed by atoms with E-state index in [0.717, 1.165) is 13.1 Å². The Hall–Kier alpha value is -1.08. The predicted octanol–water partition coefficient (Wildman–Crippen LogP) is 2.69. The molecule has 0 radical (unpaired) electrons. The van der Waals surface area contributed by atoms with Gasteiger partial charge in [0, 0.05) is 17.6 Å². The number of rotatable bonds is 0. The molecule has 94 valence electrons. The van der Waals surface area contributed by atoms with E-state index in [0.29, 0.717) is 0 Å². The Morgan fingerprint density at radius 3 is 2.41 bits per heavy atom. The lowest BCUT2D eigenvalue weighted by Gasteiger charge is -1.97. The van der Waals surface area contributed by atoms with Crippen molar-refractivity contribution in [3.05, 3.63) is 33.8 Å². The molecule has 1 aromatic carbocycles. The van der Waals surface area contributed by atoms with Gasteiger partial charge in [-0.1, -0.05) is 28.1 Å². The van der Waals surface area contributed by atoms with Crippen LogP contribution < -0.4 is 5.32 Å². The van der Waals surface area contributed by atoms with Crippen molar-refractivity contribution in [2.75, 3.05) is 0 Å². The van der Waals surface area contributed by atoms with Gasteiger partial charge in [-0.05, 0) is 17.2 Å². The number of nitrogens with one attached hydrogen (secondary N) is 1. The van der Waals surface area contributed by atoms with Crippen molar-refractivity contribution in [3.8, 4) is 0 Å². The van der Waals surface area contributed by atoms with Crippen LogP contribution in [0.4, 0.5) is 13.2 Å². The zero-order valence-corrected chi connectivity index (χ0v) is 10.1. The number of hydrogen-bond donors (Lipinski definition) is 2. The molecule has 0 aliphatic carbocycles. The van der Waals surface area contributed by atoms with Crippen LogP contribution in [0, 0.1) is 0 Å². The van der Waals surface area contributed by atoms with Gasteiger partial charge in [-0.15, -0.1) is 0 Å². The quantitative estimate of drug-likeness (QED) is 0.774. The third-order valence-electron chi connectivity index (χ3n) is 2.08. The molecule has 1 heterocycles. The van der Waals surface area contributed by atoms with Crippen LogP contribution in [-0.2, 0) is 17.9 Å². The first-order valence-corrected chi connectivity index (χ1v) is 5.38. The Labute approximate surface area is 104 Å². The smallest absolute Gasteiger partial charge is 0.475 e. The van der Waals surface area contributed by atoms with Crippen LogP contribution in [0.5, 0.6) is 0 Å². The Morgan fingerprint density at radius 1 is 1.35 bits per heavy atom. The molecule has 0 spiro atoms. The van der Waals surface area contributed by atoms with E-state index >= 15 is 0 Å². The Morgan fingerprint density at radius 2 is 1.94 bits per heavy atom. The second-order valence-electron chi connectivity index (χ2n) is 3.28. The van der Waals surface area contributed by atoms with Gasteiger partial charge in [-0.2, -0.15) is 13.2 Å². The van der Waals surface area contributed by atoms with E-state index in [2.05, 4.69) is 39.4 Å². The summed E-state index contributed by atoms with van der Waals surface area (Å²) >= 11 is 3.51. The molecule has 1 aliphatic rings. The topological polar surface area (TPSA) is 49.3 Å². The fraction of sp³-hybridized carbons (Fsp3) is 0.300. The predicted molar refractivity (Wildman–Crippen MR) is 58.4 cm³/mol. The second kappa shape index (κ2) is 5.50. The van der Waals surface area contributed by atoms with E-state index in [1.807, 2.05) is 0 Å². The molecule has 0 saturated carbocycles. The van der Waals surface area contributed by atoms with Gasteiger partial charge in [0.1, 0.15) is 0 Å². The van der Waals surface area contributed by atoms with Crippen molar-refractivity contribution < 1.29 is 23.1 Å². The summed E-state index contributed by atoms with van der Waals surface area (Å²) in [4.78, 5) is 8.90. The minimum atomic E-state index is -5.08. The van der Waals surface area contributed by atoms with Crippen molar-refractivity contribution in [2.45, 2.75) is 19.3 Å². The summed E-state index contributed by atoms with van der Waals surface area (Å²) in [6.07, 6.45) is -5.08. The van der Waals surface area contributed by atoms with Gasteiger partial charge in [0.15, 0.2) is 0 Å². The number of aliphatic carboxylic acids is 1. The number of halogens is 4. The van der Waals surface area contributed by atoms with Gasteiger partial charge in [0.05, 0.1) is 0 Å². The fourth-order valence-electron chi connectivity index (χ4n) is 1.29. The third-order valence-corrected chi connectivity index (χ3v) is 2.82. The maximum Gasteiger partial charge on any atom is 0.490 e. The maximum atomic E-state index is 10.6. The standard InChI is InChI=1S/C8H8BrN.C2HF3O2/c9-8-3-1-2-6-4-10-5-7(6)8;3-2(4,5)1(6)7/h1-3,10H,4-5H2;(H,6,7). The molecule has 1 aromatic rings. The third kappa shape index (κ3) is 4.01. The van der Waals surface area contributed by atoms with Crippen molar-refractivity contribution >= 4 is 21.9 Å². The molecular weight excluding hydrogens is 303 g/mol. The van der Waals surface area contributed by atoms with E-state index in [-0.39, 0.29) is 0 Å². The van der Waals surface area contributed by atoms with Gasteiger partial charge in [0.2, 0.25) is 0 Å². The van der Waals surface area contributed by atoms with Crippen LogP contribution in [-0.4, -0.2) is 17.3 Å². The van der Waals surface area contributed by atoms with Gasteiger partial charge in [0.25, 0.3) is 0 Å². The van der Waals surface area contributed by atoms with Crippen LogP contribution in [0.3, 0.4) is 0 Å². The summed E-state index contributed by atoms with van der Waals surface area (Å²) in [5.41, 5.74) is 2.84.